The van der Waals surface area contributed by atoms with Crippen LogP contribution in [0.1, 0.15) is 12.0 Å². The summed E-state index contributed by atoms with van der Waals surface area (Å²) in [6, 6.07) is 16.2. The van der Waals surface area contributed by atoms with Crippen molar-refractivity contribution in [1.82, 2.24) is 4.98 Å². The number of hydrogen-bond donors (Lipinski definition) is 1. The minimum Gasteiger partial charge on any atom is -0.398 e. The fourth-order valence-corrected chi connectivity index (χ4v) is 2.64. The molecule has 0 amide bonds. The van der Waals surface area contributed by atoms with Crippen LogP contribution in [0.25, 0.3) is 22.0 Å². The van der Waals surface area contributed by atoms with Crippen molar-refractivity contribution in [3.8, 4) is 23.6 Å². The van der Waals surface area contributed by atoms with Gasteiger partial charge in [-0.25, -0.2) is 0 Å². The Morgan fingerprint density at radius 1 is 1.10 bits per heavy atom. The lowest BCUT2D eigenvalue weighted by Crippen LogP contribution is -2.00. The summed E-state index contributed by atoms with van der Waals surface area (Å²) in [5.74, 6) is 2.69. The molecule has 0 saturated carbocycles. The molecule has 0 atom stereocenters. The lowest BCUT2D eigenvalue weighted by atomic mass is 9.93. The SMILES string of the molecule is C#CCCc1c(-c2ccccn2)cc2ccccc2c1N. The first kappa shape index (κ1) is 13.2. The molecule has 0 spiro atoms. The third-order valence-corrected chi connectivity index (χ3v) is 3.66. The summed E-state index contributed by atoms with van der Waals surface area (Å²) in [5.41, 5.74) is 10.3. The predicted octanol–water partition coefficient (Wildman–Crippen LogP) is 4.05. The van der Waals surface area contributed by atoms with Gasteiger partial charge in [-0.2, -0.15) is 0 Å². The first-order chi connectivity index (χ1) is 10.3. The average molecular weight is 272 g/mol. The van der Waals surface area contributed by atoms with Crippen LogP contribution in [0.3, 0.4) is 0 Å². The van der Waals surface area contributed by atoms with Crippen LogP contribution in [0.4, 0.5) is 5.69 Å². The highest BCUT2D eigenvalue weighted by Crippen LogP contribution is 2.34. The van der Waals surface area contributed by atoms with Gasteiger partial charge in [-0.15, -0.1) is 12.3 Å². The van der Waals surface area contributed by atoms with Gasteiger partial charge in [0.15, 0.2) is 0 Å². The van der Waals surface area contributed by atoms with E-state index < -0.39 is 0 Å². The van der Waals surface area contributed by atoms with Crippen molar-refractivity contribution in [3.05, 3.63) is 60.3 Å². The average Bonchev–Trinajstić information content (AvgIpc) is 2.55. The molecule has 3 rings (SSSR count). The highest BCUT2D eigenvalue weighted by molar-refractivity contribution is 5.99. The van der Waals surface area contributed by atoms with Gasteiger partial charge < -0.3 is 5.73 Å². The lowest BCUT2D eigenvalue weighted by Gasteiger charge is -2.14. The van der Waals surface area contributed by atoms with Gasteiger partial charge in [0.2, 0.25) is 0 Å². The molecule has 0 aliphatic carbocycles. The molecule has 2 aromatic carbocycles. The van der Waals surface area contributed by atoms with E-state index in [4.69, 9.17) is 12.2 Å². The van der Waals surface area contributed by atoms with E-state index in [1.165, 1.54) is 0 Å². The monoisotopic (exact) mass is 272 g/mol. The van der Waals surface area contributed by atoms with Crippen molar-refractivity contribution in [2.45, 2.75) is 12.8 Å². The summed E-state index contributed by atoms with van der Waals surface area (Å²) in [7, 11) is 0. The topological polar surface area (TPSA) is 38.9 Å². The highest BCUT2D eigenvalue weighted by Gasteiger charge is 2.12. The Morgan fingerprint density at radius 3 is 2.67 bits per heavy atom. The zero-order chi connectivity index (χ0) is 14.7. The van der Waals surface area contributed by atoms with E-state index in [-0.39, 0.29) is 0 Å². The Morgan fingerprint density at radius 2 is 1.90 bits per heavy atom. The minimum absolute atomic E-state index is 0.669. The first-order valence-electron chi connectivity index (χ1n) is 6.96. The maximum absolute atomic E-state index is 6.40. The van der Waals surface area contributed by atoms with Gasteiger partial charge >= 0.3 is 0 Å². The summed E-state index contributed by atoms with van der Waals surface area (Å²) in [6.45, 7) is 0. The van der Waals surface area contributed by atoms with Crippen molar-refractivity contribution < 1.29 is 0 Å². The second-order valence-electron chi connectivity index (χ2n) is 4.96. The summed E-state index contributed by atoms with van der Waals surface area (Å²) >= 11 is 0. The Bertz CT molecular complexity index is 814. The highest BCUT2D eigenvalue weighted by atomic mass is 14.7. The van der Waals surface area contributed by atoms with Crippen LogP contribution in [0.2, 0.25) is 0 Å². The minimum atomic E-state index is 0.669. The Kier molecular flexibility index (Phi) is 3.57. The van der Waals surface area contributed by atoms with Crippen molar-refractivity contribution in [3.63, 3.8) is 0 Å². The van der Waals surface area contributed by atoms with Crippen LogP contribution >= 0.6 is 0 Å². The number of nitrogen functional groups attached to an aromatic ring is 1. The van der Waals surface area contributed by atoms with Crippen molar-refractivity contribution in [1.29, 1.82) is 0 Å². The molecule has 0 unspecified atom stereocenters. The fraction of sp³-hybridized carbons (Fsp3) is 0.105. The molecular formula is C19H16N2. The molecule has 0 fully saturated rings. The molecule has 2 heteroatoms. The van der Waals surface area contributed by atoms with Gasteiger partial charge in [0.1, 0.15) is 0 Å². The van der Waals surface area contributed by atoms with E-state index in [9.17, 15) is 0 Å². The Balaban J connectivity index is 2.28. The summed E-state index contributed by atoms with van der Waals surface area (Å²) < 4.78 is 0. The van der Waals surface area contributed by atoms with Gasteiger partial charge in [-0.05, 0) is 35.6 Å². The van der Waals surface area contributed by atoms with Gasteiger partial charge in [-0.3, -0.25) is 4.98 Å². The van der Waals surface area contributed by atoms with Crippen LogP contribution in [-0.2, 0) is 6.42 Å². The molecule has 0 bridgehead atoms. The fourth-order valence-electron chi connectivity index (χ4n) is 2.64. The van der Waals surface area contributed by atoms with E-state index in [0.29, 0.717) is 6.42 Å². The van der Waals surface area contributed by atoms with E-state index in [0.717, 1.165) is 39.7 Å². The third-order valence-electron chi connectivity index (χ3n) is 3.66. The number of pyridine rings is 1. The van der Waals surface area contributed by atoms with Gasteiger partial charge in [0.05, 0.1) is 5.69 Å². The molecule has 102 valence electrons. The standard InChI is InChI=1S/C19H16N2/c1-2-3-9-16-17(18-11-6-7-12-21-18)13-14-8-4-5-10-15(14)19(16)20/h1,4-8,10-13H,3,9,20H2. The molecule has 0 aliphatic rings. The van der Waals surface area contributed by atoms with E-state index in [2.05, 4.69) is 23.0 Å². The molecule has 2 nitrogen and oxygen atoms in total. The maximum atomic E-state index is 6.40. The van der Waals surface area contributed by atoms with Crippen LogP contribution in [0.5, 0.6) is 0 Å². The maximum Gasteiger partial charge on any atom is 0.0705 e. The molecule has 1 heterocycles. The summed E-state index contributed by atoms with van der Waals surface area (Å²) in [4.78, 5) is 4.46. The van der Waals surface area contributed by atoms with E-state index >= 15 is 0 Å². The summed E-state index contributed by atoms with van der Waals surface area (Å²) in [5, 5.41) is 2.20. The second kappa shape index (κ2) is 5.68. The van der Waals surface area contributed by atoms with Crippen LogP contribution in [0, 0.1) is 12.3 Å². The molecule has 21 heavy (non-hydrogen) atoms. The molecule has 3 aromatic rings. The molecular weight excluding hydrogens is 256 g/mol. The number of nitrogens with zero attached hydrogens (tertiary/aromatic N) is 1. The zero-order valence-electron chi connectivity index (χ0n) is 11.7. The second-order valence-corrected chi connectivity index (χ2v) is 4.96. The Hall–Kier alpha value is -2.79. The Labute approximate surface area is 124 Å². The number of rotatable bonds is 3. The number of fused-ring (bicyclic) bond motifs is 1. The van der Waals surface area contributed by atoms with E-state index in [1.807, 2.05) is 36.4 Å². The smallest absolute Gasteiger partial charge is 0.0705 e. The van der Waals surface area contributed by atoms with E-state index in [1.54, 1.807) is 6.20 Å². The number of anilines is 1. The van der Waals surface area contributed by atoms with Crippen LogP contribution in [-0.4, -0.2) is 4.98 Å². The quantitative estimate of drug-likeness (QED) is 0.577. The number of hydrogen-bond acceptors (Lipinski definition) is 2. The largest absolute Gasteiger partial charge is 0.398 e. The van der Waals surface area contributed by atoms with Crippen molar-refractivity contribution in [2.75, 3.05) is 5.73 Å². The molecule has 0 aliphatic heterocycles. The van der Waals surface area contributed by atoms with Crippen LogP contribution in [0.15, 0.2) is 54.7 Å². The normalized spacial score (nSPS) is 10.4. The number of nitrogens with two attached hydrogens (primary N) is 1. The van der Waals surface area contributed by atoms with Crippen molar-refractivity contribution in [2.24, 2.45) is 0 Å². The molecule has 1 aromatic heterocycles. The zero-order valence-corrected chi connectivity index (χ0v) is 11.7. The first-order valence-corrected chi connectivity index (χ1v) is 6.96. The molecule has 0 radical (unpaired) electrons. The number of aromatic nitrogens is 1. The molecule has 2 N–H and O–H groups in total. The van der Waals surface area contributed by atoms with Gasteiger partial charge in [0.25, 0.3) is 0 Å². The summed E-state index contributed by atoms with van der Waals surface area (Å²) in [6.07, 6.45) is 8.65. The predicted molar refractivity (Wildman–Crippen MR) is 88.7 cm³/mol. The number of benzene rings is 2. The van der Waals surface area contributed by atoms with Gasteiger partial charge in [0, 0.05) is 29.3 Å². The lowest BCUT2D eigenvalue weighted by molar-refractivity contribution is 1.04. The third kappa shape index (κ3) is 2.46. The number of terminal acetylenes is 1. The van der Waals surface area contributed by atoms with Crippen LogP contribution < -0.4 is 5.73 Å². The van der Waals surface area contributed by atoms with Crippen molar-refractivity contribution >= 4 is 16.5 Å². The van der Waals surface area contributed by atoms with Gasteiger partial charge in [-0.1, -0.05) is 30.3 Å². The molecule has 0 saturated heterocycles.